The summed E-state index contributed by atoms with van der Waals surface area (Å²) >= 11 is 0. The largest absolute Gasteiger partial charge is 0.504 e. The minimum Gasteiger partial charge on any atom is -0.504 e. The highest BCUT2D eigenvalue weighted by molar-refractivity contribution is 8.08. The van der Waals surface area contributed by atoms with Crippen molar-refractivity contribution in [1.82, 2.24) is 0 Å². The minimum absolute atomic E-state index is 0.427. The standard InChI is InChI=1S/C7H4ClFO4S/c8-14(13)5-2-3(7(11)12)1-4(9)6(5)10/h1-2,10H,(H,11,12). The van der Waals surface area contributed by atoms with Gasteiger partial charge in [-0.1, -0.05) is 0 Å². The van der Waals surface area contributed by atoms with Gasteiger partial charge in [0.1, 0.15) is 4.90 Å². The maximum atomic E-state index is 12.9. The monoisotopic (exact) mass is 238 g/mol. The zero-order chi connectivity index (χ0) is 10.9. The summed E-state index contributed by atoms with van der Waals surface area (Å²) < 4.78 is 23.6. The number of phenols is 1. The van der Waals surface area contributed by atoms with Crippen LogP contribution in [0.1, 0.15) is 10.4 Å². The number of aromatic hydroxyl groups is 1. The molecule has 1 aromatic carbocycles. The van der Waals surface area contributed by atoms with E-state index in [0.29, 0.717) is 6.07 Å². The Morgan fingerprint density at radius 2 is 2.07 bits per heavy atom. The first-order valence-electron chi connectivity index (χ1n) is 3.27. The van der Waals surface area contributed by atoms with Gasteiger partial charge in [0, 0.05) is 0 Å². The predicted octanol–water partition coefficient (Wildman–Crippen LogP) is 1.49. The second-order valence-corrected chi connectivity index (χ2v) is 4.06. The van der Waals surface area contributed by atoms with E-state index in [0.717, 1.165) is 6.07 Å². The highest BCUT2D eigenvalue weighted by Gasteiger charge is 2.16. The minimum atomic E-state index is -2.16. The van der Waals surface area contributed by atoms with Crippen LogP contribution < -0.4 is 0 Å². The third-order valence-corrected chi connectivity index (χ3v) is 2.60. The molecule has 0 radical (unpaired) electrons. The molecule has 0 aliphatic rings. The molecule has 0 bridgehead atoms. The maximum Gasteiger partial charge on any atom is 0.335 e. The highest BCUT2D eigenvalue weighted by atomic mass is 35.7. The van der Waals surface area contributed by atoms with Gasteiger partial charge in [-0.3, -0.25) is 0 Å². The number of benzene rings is 1. The molecule has 1 unspecified atom stereocenters. The van der Waals surface area contributed by atoms with E-state index in [1.807, 2.05) is 0 Å². The molecule has 1 rings (SSSR count). The molecule has 14 heavy (non-hydrogen) atoms. The molecule has 0 spiro atoms. The van der Waals surface area contributed by atoms with Gasteiger partial charge in [0.2, 0.25) is 0 Å². The number of aromatic carboxylic acids is 1. The van der Waals surface area contributed by atoms with Crippen LogP contribution >= 0.6 is 10.7 Å². The van der Waals surface area contributed by atoms with Crippen LogP contribution in [0.15, 0.2) is 17.0 Å². The summed E-state index contributed by atoms with van der Waals surface area (Å²) in [6.07, 6.45) is 0. The number of carbonyl (C=O) groups is 1. The van der Waals surface area contributed by atoms with Crippen LogP contribution in [-0.2, 0) is 10.0 Å². The molecule has 1 atom stereocenters. The number of phenolic OH excluding ortho intramolecular Hbond substituents is 1. The normalized spacial score (nSPS) is 12.4. The van der Waals surface area contributed by atoms with Crippen molar-refractivity contribution < 1.29 is 23.6 Å². The van der Waals surface area contributed by atoms with Crippen molar-refractivity contribution in [2.75, 3.05) is 0 Å². The molecule has 0 amide bonds. The van der Waals surface area contributed by atoms with Crippen molar-refractivity contribution in [2.24, 2.45) is 0 Å². The molecule has 0 saturated heterocycles. The molecule has 1 aromatic rings. The maximum absolute atomic E-state index is 12.9. The van der Waals surface area contributed by atoms with E-state index >= 15 is 0 Å². The molecule has 4 nitrogen and oxygen atoms in total. The van der Waals surface area contributed by atoms with Crippen LogP contribution in [0, 0.1) is 5.82 Å². The second-order valence-electron chi connectivity index (χ2n) is 2.33. The molecule has 0 aromatic heterocycles. The Morgan fingerprint density at radius 3 is 2.50 bits per heavy atom. The molecule has 0 heterocycles. The zero-order valence-corrected chi connectivity index (χ0v) is 8.10. The van der Waals surface area contributed by atoms with E-state index < -0.39 is 38.0 Å². The molecular formula is C7H4ClFO4S. The lowest BCUT2D eigenvalue weighted by Gasteiger charge is -2.02. The Balaban J connectivity index is 3.43. The van der Waals surface area contributed by atoms with Crippen molar-refractivity contribution in [1.29, 1.82) is 0 Å². The van der Waals surface area contributed by atoms with Gasteiger partial charge in [-0.15, -0.1) is 0 Å². The smallest absolute Gasteiger partial charge is 0.335 e. The predicted molar refractivity (Wildman–Crippen MR) is 47.3 cm³/mol. The van der Waals surface area contributed by atoms with Crippen LogP contribution in [0.2, 0.25) is 0 Å². The third-order valence-electron chi connectivity index (χ3n) is 1.45. The van der Waals surface area contributed by atoms with Crippen LogP contribution in [0.4, 0.5) is 4.39 Å². The van der Waals surface area contributed by atoms with Gasteiger partial charge >= 0.3 is 5.97 Å². The van der Waals surface area contributed by atoms with Gasteiger partial charge in [-0.05, 0) is 22.8 Å². The van der Waals surface area contributed by atoms with Gasteiger partial charge in [0.05, 0.1) is 5.56 Å². The highest BCUT2D eigenvalue weighted by Crippen LogP contribution is 2.27. The third kappa shape index (κ3) is 2.02. The Labute approximate surface area is 84.9 Å². The molecule has 0 aliphatic carbocycles. The Bertz CT molecular complexity index is 420. The lowest BCUT2D eigenvalue weighted by molar-refractivity contribution is 0.0696. The van der Waals surface area contributed by atoms with Crippen molar-refractivity contribution in [2.45, 2.75) is 4.90 Å². The number of halogens is 2. The van der Waals surface area contributed by atoms with Crippen molar-refractivity contribution in [3.63, 3.8) is 0 Å². The summed E-state index contributed by atoms with van der Waals surface area (Å²) in [6, 6.07) is 1.47. The van der Waals surface area contributed by atoms with E-state index in [2.05, 4.69) is 0 Å². The SMILES string of the molecule is O=C(O)c1cc(F)c(O)c(S(=O)Cl)c1. The van der Waals surface area contributed by atoms with Gasteiger partial charge in [-0.2, -0.15) is 0 Å². The number of hydrogen-bond donors (Lipinski definition) is 2. The van der Waals surface area contributed by atoms with Crippen molar-refractivity contribution in [3.8, 4) is 5.75 Å². The summed E-state index contributed by atoms with van der Waals surface area (Å²) in [6.45, 7) is 0. The lowest BCUT2D eigenvalue weighted by atomic mass is 10.2. The average molecular weight is 239 g/mol. The van der Waals surface area contributed by atoms with Gasteiger partial charge in [0.25, 0.3) is 0 Å². The first kappa shape index (κ1) is 10.9. The van der Waals surface area contributed by atoms with Crippen molar-refractivity contribution in [3.05, 3.63) is 23.5 Å². The van der Waals surface area contributed by atoms with Crippen molar-refractivity contribution >= 4 is 26.7 Å². The number of rotatable bonds is 2. The summed E-state index contributed by atoms with van der Waals surface area (Å²) in [7, 11) is 2.95. The average Bonchev–Trinajstić information content (AvgIpc) is 2.08. The van der Waals surface area contributed by atoms with E-state index in [4.69, 9.17) is 20.9 Å². The topological polar surface area (TPSA) is 74.6 Å². The van der Waals surface area contributed by atoms with Crippen LogP contribution in [-0.4, -0.2) is 20.4 Å². The second kappa shape index (κ2) is 3.93. The number of hydrogen-bond acceptors (Lipinski definition) is 3. The molecule has 0 saturated carbocycles. The first-order valence-corrected chi connectivity index (χ1v) is 5.25. The summed E-state index contributed by atoms with van der Waals surface area (Å²) in [5.41, 5.74) is -0.427. The van der Waals surface area contributed by atoms with Gasteiger partial charge in [-0.25, -0.2) is 13.4 Å². The Kier molecular flexibility index (Phi) is 3.07. The molecule has 7 heteroatoms. The van der Waals surface area contributed by atoms with Crippen LogP contribution in [0.5, 0.6) is 5.75 Å². The van der Waals surface area contributed by atoms with E-state index in [9.17, 15) is 13.4 Å². The van der Waals surface area contributed by atoms with E-state index in [1.165, 1.54) is 0 Å². The summed E-state index contributed by atoms with van der Waals surface area (Å²) in [4.78, 5) is 9.99. The summed E-state index contributed by atoms with van der Waals surface area (Å²) in [5.74, 6) is -3.47. The first-order chi connectivity index (χ1) is 6.43. The fourth-order valence-corrected chi connectivity index (χ4v) is 1.64. The van der Waals surface area contributed by atoms with Gasteiger partial charge in [0.15, 0.2) is 21.6 Å². The lowest BCUT2D eigenvalue weighted by Crippen LogP contribution is -1.99. The quantitative estimate of drug-likeness (QED) is 0.766. The fraction of sp³-hybridized carbons (Fsp3) is 0. The Morgan fingerprint density at radius 1 is 1.50 bits per heavy atom. The van der Waals surface area contributed by atoms with E-state index in [1.54, 1.807) is 0 Å². The zero-order valence-electron chi connectivity index (χ0n) is 6.53. The molecule has 0 fully saturated rings. The fourth-order valence-electron chi connectivity index (χ4n) is 0.820. The van der Waals surface area contributed by atoms with Crippen LogP contribution in [0.3, 0.4) is 0 Å². The molecular weight excluding hydrogens is 235 g/mol. The molecule has 76 valence electrons. The van der Waals surface area contributed by atoms with Gasteiger partial charge < -0.3 is 10.2 Å². The Hall–Kier alpha value is -1.14. The molecule has 2 N–H and O–H groups in total. The summed E-state index contributed by atoms with van der Waals surface area (Å²) in [5, 5.41) is 17.5. The van der Waals surface area contributed by atoms with E-state index in [-0.39, 0.29) is 0 Å². The van der Waals surface area contributed by atoms with Crippen LogP contribution in [0.25, 0.3) is 0 Å². The number of carboxylic acid groups (broad SMARTS) is 1. The molecule has 0 aliphatic heterocycles. The number of carboxylic acids is 1.